The molecule has 0 radical (unpaired) electrons. The van der Waals surface area contributed by atoms with Crippen LogP contribution in [0, 0.1) is 10.1 Å². The normalized spacial score (nSPS) is 10.5. The Morgan fingerprint density at radius 3 is 2.81 bits per heavy atom. The molecule has 0 unspecified atom stereocenters. The smallest absolute Gasteiger partial charge is 0.270 e. The number of nitro groups is 1. The van der Waals surface area contributed by atoms with Crippen LogP contribution >= 0.6 is 27.5 Å². The number of nitro benzene ring substituents is 1. The number of amides is 1. The van der Waals surface area contributed by atoms with Crippen molar-refractivity contribution >= 4 is 39.1 Å². The van der Waals surface area contributed by atoms with Crippen LogP contribution in [-0.4, -0.2) is 21.0 Å². The Labute approximate surface area is 160 Å². The lowest BCUT2D eigenvalue weighted by Crippen LogP contribution is -2.23. The maximum absolute atomic E-state index is 12.2. The van der Waals surface area contributed by atoms with E-state index in [0.29, 0.717) is 5.82 Å². The fourth-order valence-corrected chi connectivity index (χ4v) is 2.78. The minimum absolute atomic E-state index is 0.00679. The van der Waals surface area contributed by atoms with E-state index in [0.717, 1.165) is 16.1 Å². The molecule has 0 aliphatic heterocycles. The first kappa shape index (κ1) is 18.0. The van der Waals surface area contributed by atoms with Crippen LogP contribution in [0.15, 0.2) is 51.5 Å². The summed E-state index contributed by atoms with van der Waals surface area (Å²) in [6, 6.07) is 11.0. The molecule has 26 heavy (non-hydrogen) atoms. The van der Waals surface area contributed by atoms with Gasteiger partial charge in [0.15, 0.2) is 0 Å². The van der Waals surface area contributed by atoms with Crippen LogP contribution in [0.4, 0.5) is 5.69 Å². The molecule has 0 aliphatic carbocycles. The van der Waals surface area contributed by atoms with Gasteiger partial charge in [0, 0.05) is 22.2 Å². The summed E-state index contributed by atoms with van der Waals surface area (Å²) in [5, 5.41) is 17.1. The Kier molecular flexibility index (Phi) is 5.29. The van der Waals surface area contributed by atoms with Crippen LogP contribution < -0.4 is 5.32 Å². The molecular weight excluding hydrogens is 428 g/mol. The van der Waals surface area contributed by atoms with Crippen molar-refractivity contribution in [1.82, 2.24) is 15.5 Å². The van der Waals surface area contributed by atoms with Gasteiger partial charge in [-0.25, -0.2) is 0 Å². The van der Waals surface area contributed by atoms with Crippen LogP contribution in [0.1, 0.15) is 16.2 Å². The molecule has 8 nitrogen and oxygen atoms in total. The van der Waals surface area contributed by atoms with Crippen LogP contribution in [0.5, 0.6) is 0 Å². The zero-order valence-corrected chi connectivity index (χ0v) is 15.3. The van der Waals surface area contributed by atoms with Crippen molar-refractivity contribution in [2.24, 2.45) is 0 Å². The van der Waals surface area contributed by atoms with Crippen molar-refractivity contribution in [1.29, 1.82) is 0 Å². The molecule has 0 atom stereocenters. The summed E-state index contributed by atoms with van der Waals surface area (Å²) < 4.78 is 5.99. The number of nitrogens with one attached hydrogen (secondary N) is 1. The van der Waals surface area contributed by atoms with Gasteiger partial charge in [-0.05, 0) is 18.2 Å². The molecule has 1 amide bonds. The molecule has 132 valence electrons. The zero-order valence-electron chi connectivity index (χ0n) is 13.0. The number of rotatable bonds is 5. The third-order valence-electron chi connectivity index (χ3n) is 3.36. The fraction of sp³-hybridized carbons (Fsp3) is 0.0625. The highest BCUT2D eigenvalue weighted by Crippen LogP contribution is 2.23. The summed E-state index contributed by atoms with van der Waals surface area (Å²) in [5.74, 6) is 0.0994. The quantitative estimate of drug-likeness (QED) is 0.477. The number of carbonyl (C=O) groups excluding carboxylic acids is 1. The van der Waals surface area contributed by atoms with Gasteiger partial charge < -0.3 is 9.84 Å². The first-order valence-electron chi connectivity index (χ1n) is 7.24. The molecule has 1 heterocycles. The number of halogens is 2. The molecule has 1 aromatic heterocycles. The van der Waals surface area contributed by atoms with Gasteiger partial charge in [-0.3, -0.25) is 14.9 Å². The first-order valence-corrected chi connectivity index (χ1v) is 8.42. The van der Waals surface area contributed by atoms with Crippen molar-refractivity contribution in [2.45, 2.75) is 6.54 Å². The Morgan fingerprint density at radius 2 is 2.12 bits per heavy atom. The number of hydrogen-bond acceptors (Lipinski definition) is 6. The van der Waals surface area contributed by atoms with E-state index in [9.17, 15) is 14.9 Å². The Hall–Kier alpha value is -2.78. The standard InChI is InChI=1S/C16H10BrClN4O4/c17-10-3-1-2-9(6-10)15-20-14(26-21-15)8-19-16(23)12-5-4-11(22(24)25)7-13(12)18/h1-7H,8H2,(H,19,23). The van der Waals surface area contributed by atoms with Crippen molar-refractivity contribution in [3.05, 3.63) is 73.5 Å². The third-order valence-corrected chi connectivity index (χ3v) is 4.17. The summed E-state index contributed by atoms with van der Waals surface area (Å²) in [6.45, 7) is -0.00679. The second kappa shape index (κ2) is 7.63. The highest BCUT2D eigenvalue weighted by atomic mass is 79.9. The van der Waals surface area contributed by atoms with Crippen molar-refractivity contribution in [3.8, 4) is 11.4 Å². The van der Waals surface area contributed by atoms with Crippen LogP contribution in [-0.2, 0) is 6.54 Å². The average Bonchev–Trinajstić information content (AvgIpc) is 3.08. The van der Waals surface area contributed by atoms with Crippen molar-refractivity contribution < 1.29 is 14.2 Å². The molecule has 1 N–H and O–H groups in total. The number of non-ortho nitro benzene ring substituents is 1. The highest BCUT2D eigenvalue weighted by molar-refractivity contribution is 9.10. The minimum atomic E-state index is -0.588. The Morgan fingerprint density at radius 1 is 1.31 bits per heavy atom. The molecular formula is C16H10BrClN4O4. The second-order valence-electron chi connectivity index (χ2n) is 5.13. The molecule has 0 saturated carbocycles. The van der Waals surface area contributed by atoms with E-state index in [4.69, 9.17) is 16.1 Å². The Bertz CT molecular complexity index is 992. The third kappa shape index (κ3) is 4.06. The first-order chi connectivity index (χ1) is 12.4. The maximum Gasteiger partial charge on any atom is 0.270 e. The SMILES string of the molecule is O=C(NCc1nc(-c2cccc(Br)c2)no1)c1ccc([N+](=O)[O-])cc1Cl. The average molecular weight is 438 g/mol. The van der Waals surface area contributed by atoms with Crippen LogP contribution in [0.2, 0.25) is 5.02 Å². The van der Waals surface area contributed by atoms with Crippen molar-refractivity contribution in [3.63, 3.8) is 0 Å². The molecule has 0 spiro atoms. The summed E-state index contributed by atoms with van der Waals surface area (Å²) in [4.78, 5) is 26.5. The van der Waals surface area contributed by atoms with E-state index in [1.54, 1.807) is 0 Å². The largest absolute Gasteiger partial charge is 0.343 e. The van der Waals surface area contributed by atoms with E-state index in [-0.39, 0.29) is 28.7 Å². The lowest BCUT2D eigenvalue weighted by molar-refractivity contribution is -0.384. The molecule has 3 rings (SSSR count). The van der Waals surface area contributed by atoms with Gasteiger partial charge in [0.05, 0.1) is 22.1 Å². The predicted octanol–water partition coefficient (Wildman–Crippen LogP) is 3.99. The number of benzene rings is 2. The van der Waals surface area contributed by atoms with Gasteiger partial charge in [0.1, 0.15) is 0 Å². The zero-order chi connectivity index (χ0) is 18.7. The van der Waals surface area contributed by atoms with E-state index >= 15 is 0 Å². The molecule has 2 aromatic carbocycles. The lowest BCUT2D eigenvalue weighted by atomic mass is 10.2. The summed E-state index contributed by atoms with van der Waals surface area (Å²) in [7, 11) is 0. The molecule has 10 heteroatoms. The minimum Gasteiger partial charge on any atom is -0.343 e. The summed E-state index contributed by atoms with van der Waals surface area (Å²) in [6.07, 6.45) is 0. The van der Waals surface area contributed by atoms with Gasteiger partial charge in [0.25, 0.3) is 11.6 Å². The predicted molar refractivity (Wildman–Crippen MR) is 96.7 cm³/mol. The van der Waals surface area contributed by atoms with Gasteiger partial charge in [-0.1, -0.05) is 44.8 Å². The maximum atomic E-state index is 12.2. The van der Waals surface area contributed by atoms with Crippen LogP contribution in [0.25, 0.3) is 11.4 Å². The molecule has 0 aliphatic rings. The molecule has 0 saturated heterocycles. The van der Waals surface area contributed by atoms with Gasteiger partial charge in [0.2, 0.25) is 11.7 Å². The van der Waals surface area contributed by atoms with E-state index < -0.39 is 10.8 Å². The molecule has 0 bridgehead atoms. The van der Waals surface area contributed by atoms with Gasteiger partial charge in [-0.2, -0.15) is 4.98 Å². The van der Waals surface area contributed by atoms with E-state index in [2.05, 4.69) is 31.4 Å². The summed E-state index contributed by atoms with van der Waals surface area (Å²) >= 11 is 9.29. The molecule has 3 aromatic rings. The monoisotopic (exact) mass is 436 g/mol. The van der Waals surface area contributed by atoms with Crippen LogP contribution in [0.3, 0.4) is 0 Å². The van der Waals surface area contributed by atoms with E-state index in [1.165, 1.54) is 12.1 Å². The van der Waals surface area contributed by atoms with Crippen molar-refractivity contribution in [2.75, 3.05) is 0 Å². The fourth-order valence-electron chi connectivity index (χ4n) is 2.12. The lowest BCUT2D eigenvalue weighted by Gasteiger charge is -2.04. The number of hydrogen-bond donors (Lipinski definition) is 1. The number of aromatic nitrogens is 2. The van der Waals surface area contributed by atoms with Gasteiger partial charge in [-0.15, -0.1) is 0 Å². The summed E-state index contributed by atoms with van der Waals surface area (Å²) in [5.41, 5.74) is 0.685. The molecule has 0 fully saturated rings. The topological polar surface area (TPSA) is 111 Å². The number of nitrogens with zero attached hydrogens (tertiary/aromatic N) is 3. The Balaban J connectivity index is 1.68. The van der Waals surface area contributed by atoms with E-state index in [1.807, 2.05) is 24.3 Å². The second-order valence-corrected chi connectivity index (χ2v) is 6.45. The number of carbonyl (C=O) groups is 1. The van der Waals surface area contributed by atoms with Gasteiger partial charge >= 0.3 is 0 Å². The highest BCUT2D eigenvalue weighted by Gasteiger charge is 2.16.